The first-order chi connectivity index (χ1) is 12.7. The lowest BCUT2D eigenvalue weighted by atomic mass is 9.81. The van der Waals surface area contributed by atoms with Crippen LogP contribution < -0.4 is 0 Å². The van der Waals surface area contributed by atoms with Crippen LogP contribution in [0.1, 0.15) is 36.0 Å². The van der Waals surface area contributed by atoms with Crippen LogP contribution in [-0.2, 0) is 9.47 Å². The Hall–Kier alpha value is -2.25. The minimum Gasteiger partial charge on any atom is -0.378 e. The largest absolute Gasteiger partial charge is 0.378 e. The minimum atomic E-state index is -0.222. The SMILES string of the molecule is COC1CCCOC12CCN(C(=O)c1ccc(-c3ncn[nH]3)cc1)CC2. The number of aromatic nitrogens is 3. The van der Waals surface area contributed by atoms with E-state index in [1.54, 1.807) is 7.11 Å². The number of methoxy groups -OCH3 is 1. The standard InChI is InChI=1S/C19H24N4O3/c1-25-16-3-2-12-26-19(16)8-10-23(11-9-19)18(24)15-6-4-14(5-7-15)17-20-13-21-22-17/h4-7,13,16H,2-3,8-12H2,1H3,(H,20,21,22). The van der Waals surface area contributed by atoms with Gasteiger partial charge in [-0.05, 0) is 37.8 Å². The number of benzene rings is 1. The number of hydrogen-bond acceptors (Lipinski definition) is 5. The summed E-state index contributed by atoms with van der Waals surface area (Å²) < 4.78 is 11.8. The van der Waals surface area contributed by atoms with E-state index in [0.29, 0.717) is 24.5 Å². The fourth-order valence-electron chi connectivity index (χ4n) is 4.09. The zero-order valence-corrected chi connectivity index (χ0v) is 15.0. The molecule has 1 amide bonds. The summed E-state index contributed by atoms with van der Waals surface area (Å²) in [5.41, 5.74) is 1.38. The second-order valence-corrected chi connectivity index (χ2v) is 6.98. The van der Waals surface area contributed by atoms with E-state index in [4.69, 9.17) is 9.47 Å². The first-order valence-corrected chi connectivity index (χ1v) is 9.14. The van der Waals surface area contributed by atoms with Crippen LogP contribution in [0.4, 0.5) is 0 Å². The third kappa shape index (κ3) is 3.12. The highest BCUT2D eigenvalue weighted by Crippen LogP contribution is 2.37. The number of hydrogen-bond donors (Lipinski definition) is 1. The molecule has 26 heavy (non-hydrogen) atoms. The molecule has 0 bridgehead atoms. The van der Waals surface area contributed by atoms with Gasteiger partial charge in [-0.15, -0.1) is 0 Å². The van der Waals surface area contributed by atoms with Crippen molar-refractivity contribution in [2.75, 3.05) is 26.8 Å². The Morgan fingerprint density at radius 1 is 1.31 bits per heavy atom. The lowest BCUT2D eigenvalue weighted by molar-refractivity contribution is -0.183. The predicted octanol–water partition coefficient (Wildman–Crippen LogP) is 2.27. The fourth-order valence-corrected chi connectivity index (χ4v) is 4.09. The highest BCUT2D eigenvalue weighted by molar-refractivity contribution is 5.94. The van der Waals surface area contributed by atoms with E-state index in [0.717, 1.165) is 37.9 Å². The molecule has 1 atom stereocenters. The maximum Gasteiger partial charge on any atom is 0.253 e. The average Bonchev–Trinajstić information content (AvgIpc) is 3.23. The van der Waals surface area contributed by atoms with Gasteiger partial charge in [-0.25, -0.2) is 4.98 Å². The van der Waals surface area contributed by atoms with Crippen molar-refractivity contribution in [1.82, 2.24) is 20.1 Å². The number of aromatic amines is 1. The van der Waals surface area contributed by atoms with E-state index in [1.807, 2.05) is 29.2 Å². The molecular weight excluding hydrogens is 332 g/mol. The average molecular weight is 356 g/mol. The maximum absolute atomic E-state index is 12.8. The zero-order valence-electron chi connectivity index (χ0n) is 15.0. The summed E-state index contributed by atoms with van der Waals surface area (Å²) in [4.78, 5) is 18.9. The van der Waals surface area contributed by atoms with Gasteiger partial charge >= 0.3 is 0 Å². The van der Waals surface area contributed by atoms with E-state index in [2.05, 4.69) is 15.2 Å². The summed E-state index contributed by atoms with van der Waals surface area (Å²) in [6.07, 6.45) is 5.34. The highest BCUT2D eigenvalue weighted by atomic mass is 16.5. The van der Waals surface area contributed by atoms with Crippen molar-refractivity contribution in [3.05, 3.63) is 36.2 Å². The minimum absolute atomic E-state index is 0.0637. The molecule has 1 spiro atoms. The topological polar surface area (TPSA) is 80.3 Å². The number of rotatable bonds is 3. The quantitative estimate of drug-likeness (QED) is 0.912. The van der Waals surface area contributed by atoms with Gasteiger partial charge < -0.3 is 14.4 Å². The van der Waals surface area contributed by atoms with Crippen molar-refractivity contribution in [1.29, 1.82) is 0 Å². The fraction of sp³-hybridized carbons (Fsp3) is 0.526. The Balaban J connectivity index is 1.42. The molecule has 0 aliphatic carbocycles. The molecule has 7 heteroatoms. The van der Waals surface area contributed by atoms with Crippen molar-refractivity contribution in [3.8, 4) is 11.4 Å². The van der Waals surface area contributed by atoms with Crippen molar-refractivity contribution in [2.45, 2.75) is 37.4 Å². The number of nitrogens with one attached hydrogen (secondary N) is 1. The molecule has 2 saturated heterocycles. The molecule has 0 saturated carbocycles. The van der Waals surface area contributed by atoms with Gasteiger partial charge in [0.05, 0.1) is 11.7 Å². The molecule has 1 N–H and O–H groups in total. The lowest BCUT2D eigenvalue weighted by Gasteiger charge is -2.48. The number of carbonyl (C=O) groups is 1. The second-order valence-electron chi connectivity index (χ2n) is 6.98. The second kappa shape index (κ2) is 7.17. The van der Waals surface area contributed by atoms with Crippen molar-refractivity contribution >= 4 is 5.91 Å². The van der Waals surface area contributed by atoms with Gasteiger partial charge in [-0.1, -0.05) is 12.1 Å². The molecule has 1 aromatic heterocycles. The molecule has 2 fully saturated rings. The number of likely N-dealkylation sites (tertiary alicyclic amines) is 1. The van der Waals surface area contributed by atoms with E-state index in [9.17, 15) is 4.79 Å². The molecule has 4 rings (SSSR count). The third-order valence-electron chi connectivity index (χ3n) is 5.59. The Bertz CT molecular complexity index is 737. The van der Waals surface area contributed by atoms with Gasteiger partial charge in [-0.2, -0.15) is 5.10 Å². The first-order valence-electron chi connectivity index (χ1n) is 9.14. The Labute approximate surface area is 152 Å². The monoisotopic (exact) mass is 356 g/mol. The van der Waals surface area contributed by atoms with Gasteiger partial charge in [0.2, 0.25) is 0 Å². The lowest BCUT2D eigenvalue weighted by Crippen LogP contribution is -2.56. The van der Waals surface area contributed by atoms with Crippen LogP contribution in [0, 0.1) is 0 Å². The maximum atomic E-state index is 12.8. The van der Waals surface area contributed by atoms with Gasteiger partial charge in [0, 0.05) is 37.9 Å². The van der Waals surface area contributed by atoms with Gasteiger partial charge in [0.25, 0.3) is 5.91 Å². The molecule has 2 aliphatic heterocycles. The van der Waals surface area contributed by atoms with Crippen LogP contribution in [0.2, 0.25) is 0 Å². The molecule has 1 aromatic carbocycles. The predicted molar refractivity (Wildman–Crippen MR) is 95.7 cm³/mol. The molecular formula is C19H24N4O3. The number of piperidine rings is 1. The van der Waals surface area contributed by atoms with Crippen molar-refractivity contribution in [3.63, 3.8) is 0 Å². The number of nitrogens with zero attached hydrogens (tertiary/aromatic N) is 3. The summed E-state index contributed by atoms with van der Waals surface area (Å²) in [5.74, 6) is 0.762. The normalized spacial score (nSPS) is 22.5. The summed E-state index contributed by atoms with van der Waals surface area (Å²) in [5, 5.41) is 6.68. The highest BCUT2D eigenvalue weighted by Gasteiger charge is 2.45. The van der Waals surface area contributed by atoms with E-state index in [1.165, 1.54) is 6.33 Å². The molecule has 0 radical (unpaired) electrons. The van der Waals surface area contributed by atoms with E-state index < -0.39 is 0 Å². The molecule has 138 valence electrons. The summed E-state index contributed by atoms with van der Waals surface area (Å²) in [7, 11) is 1.76. The molecule has 1 unspecified atom stereocenters. The van der Waals surface area contributed by atoms with Gasteiger partial charge in [0.1, 0.15) is 6.33 Å². The third-order valence-corrected chi connectivity index (χ3v) is 5.59. The molecule has 7 nitrogen and oxygen atoms in total. The van der Waals surface area contributed by atoms with Crippen LogP contribution in [0.3, 0.4) is 0 Å². The van der Waals surface area contributed by atoms with E-state index >= 15 is 0 Å². The van der Waals surface area contributed by atoms with Crippen LogP contribution in [0.15, 0.2) is 30.6 Å². The number of carbonyl (C=O) groups excluding carboxylic acids is 1. The first kappa shape index (κ1) is 17.2. The van der Waals surface area contributed by atoms with Gasteiger partial charge in [0.15, 0.2) is 5.82 Å². The Kier molecular flexibility index (Phi) is 4.74. The molecule has 2 aliphatic rings. The number of H-pyrrole nitrogens is 1. The molecule has 2 aromatic rings. The van der Waals surface area contributed by atoms with Crippen molar-refractivity contribution < 1.29 is 14.3 Å². The molecule has 3 heterocycles. The van der Waals surface area contributed by atoms with Crippen LogP contribution in [0.25, 0.3) is 11.4 Å². The smallest absolute Gasteiger partial charge is 0.253 e. The van der Waals surface area contributed by atoms with Crippen molar-refractivity contribution in [2.24, 2.45) is 0 Å². The summed E-state index contributed by atoms with van der Waals surface area (Å²) in [6.45, 7) is 2.18. The van der Waals surface area contributed by atoms with Gasteiger partial charge in [-0.3, -0.25) is 9.89 Å². The van der Waals surface area contributed by atoms with Crippen LogP contribution in [0.5, 0.6) is 0 Å². The zero-order chi connectivity index (χ0) is 18.0. The van der Waals surface area contributed by atoms with Crippen LogP contribution >= 0.6 is 0 Å². The number of amides is 1. The van der Waals surface area contributed by atoms with E-state index in [-0.39, 0.29) is 17.6 Å². The summed E-state index contributed by atoms with van der Waals surface area (Å²) in [6, 6.07) is 7.48. The van der Waals surface area contributed by atoms with Crippen LogP contribution in [-0.4, -0.2) is 64.5 Å². The Morgan fingerprint density at radius 3 is 2.73 bits per heavy atom. The number of ether oxygens (including phenoxy) is 2. The Morgan fingerprint density at radius 2 is 2.08 bits per heavy atom. The summed E-state index contributed by atoms with van der Waals surface area (Å²) >= 11 is 0.